The van der Waals surface area contributed by atoms with E-state index in [9.17, 15) is 14.5 Å². The van der Waals surface area contributed by atoms with E-state index in [1.807, 2.05) is 0 Å². The van der Waals surface area contributed by atoms with Gasteiger partial charge in [0, 0.05) is 23.5 Å². The van der Waals surface area contributed by atoms with Crippen molar-refractivity contribution >= 4 is 22.7 Å². The third-order valence-corrected chi connectivity index (χ3v) is 2.43. The van der Waals surface area contributed by atoms with Crippen LogP contribution in [0, 0.1) is 15.9 Å². The van der Waals surface area contributed by atoms with Crippen LogP contribution in [0.25, 0.3) is 0 Å². The van der Waals surface area contributed by atoms with Gasteiger partial charge in [0.15, 0.2) is 0 Å². The van der Waals surface area contributed by atoms with Gasteiger partial charge in [0.25, 0.3) is 5.69 Å². The van der Waals surface area contributed by atoms with Crippen molar-refractivity contribution in [2.45, 2.75) is 0 Å². The van der Waals surface area contributed by atoms with Crippen molar-refractivity contribution in [1.29, 1.82) is 0 Å². The molecule has 0 aliphatic carbocycles. The molecule has 19 heavy (non-hydrogen) atoms. The zero-order valence-electron chi connectivity index (χ0n) is 9.76. The lowest BCUT2D eigenvalue weighted by molar-refractivity contribution is -0.384. The first-order valence-corrected chi connectivity index (χ1v) is 5.37. The molecule has 0 fully saturated rings. The highest BCUT2D eigenvalue weighted by Crippen LogP contribution is 2.26. The number of nitrogens with two attached hydrogens (primary N) is 1. The monoisotopic (exact) mass is 262 g/mol. The first-order valence-electron chi connectivity index (χ1n) is 5.37. The van der Waals surface area contributed by atoms with Crippen LogP contribution in [0.15, 0.2) is 42.5 Å². The number of rotatable bonds is 4. The molecule has 2 aromatic carbocycles. The second kappa shape index (κ2) is 5.32. The van der Waals surface area contributed by atoms with E-state index in [0.29, 0.717) is 17.1 Å². The van der Waals surface area contributed by atoms with Gasteiger partial charge in [-0.1, -0.05) is 0 Å². The molecule has 0 aliphatic heterocycles. The fraction of sp³-hybridized carbons (Fsp3) is 0. The normalized spacial score (nSPS) is 10.0. The van der Waals surface area contributed by atoms with Crippen LogP contribution in [-0.4, -0.2) is 4.92 Å². The summed E-state index contributed by atoms with van der Waals surface area (Å²) in [7, 11) is 0. The molecule has 0 amide bonds. The maximum Gasteiger partial charge on any atom is 0.273 e. The summed E-state index contributed by atoms with van der Waals surface area (Å²) in [5.74, 6) is 4.90. The van der Waals surface area contributed by atoms with Crippen LogP contribution in [-0.2, 0) is 0 Å². The highest BCUT2D eigenvalue weighted by Gasteiger charge is 2.09. The number of benzene rings is 2. The predicted octanol–water partition coefficient (Wildman–Crippen LogP) is 2.76. The van der Waals surface area contributed by atoms with Crippen LogP contribution >= 0.6 is 0 Å². The summed E-state index contributed by atoms with van der Waals surface area (Å²) in [6.07, 6.45) is 0. The predicted molar refractivity (Wildman–Crippen MR) is 70.6 cm³/mol. The topological polar surface area (TPSA) is 93.2 Å². The summed E-state index contributed by atoms with van der Waals surface area (Å²) >= 11 is 0. The Kier molecular flexibility index (Phi) is 3.58. The van der Waals surface area contributed by atoms with Crippen molar-refractivity contribution in [2.24, 2.45) is 5.84 Å². The lowest BCUT2D eigenvalue weighted by Crippen LogP contribution is -2.07. The number of hydrogen-bond donors (Lipinski definition) is 3. The molecule has 0 saturated carbocycles. The number of hydrazine groups is 1. The maximum absolute atomic E-state index is 12.8. The SMILES string of the molecule is NNc1cc(Nc2ccc(F)cc2)cc([N+](=O)[O-])c1. The molecular formula is C12H11FN4O2. The van der Waals surface area contributed by atoms with Gasteiger partial charge in [-0.05, 0) is 30.3 Å². The fourth-order valence-electron chi connectivity index (χ4n) is 1.57. The molecule has 0 radical (unpaired) electrons. The van der Waals surface area contributed by atoms with Gasteiger partial charge in [0.05, 0.1) is 10.6 Å². The molecule has 0 saturated heterocycles. The number of nitro groups is 1. The van der Waals surface area contributed by atoms with Crippen molar-refractivity contribution in [1.82, 2.24) is 0 Å². The quantitative estimate of drug-likeness (QED) is 0.447. The second-order valence-corrected chi connectivity index (χ2v) is 3.80. The summed E-state index contributed by atoms with van der Waals surface area (Å²) in [5, 5.41) is 13.7. The molecule has 0 aliphatic rings. The van der Waals surface area contributed by atoms with Gasteiger partial charge in [-0.2, -0.15) is 0 Å². The molecular weight excluding hydrogens is 251 g/mol. The summed E-state index contributed by atoms with van der Waals surface area (Å²) in [6, 6.07) is 9.94. The van der Waals surface area contributed by atoms with Gasteiger partial charge in [0.2, 0.25) is 0 Å². The van der Waals surface area contributed by atoms with E-state index in [1.165, 1.54) is 36.4 Å². The Morgan fingerprint density at radius 1 is 1.05 bits per heavy atom. The highest BCUT2D eigenvalue weighted by atomic mass is 19.1. The van der Waals surface area contributed by atoms with Gasteiger partial charge >= 0.3 is 0 Å². The third kappa shape index (κ3) is 3.17. The fourth-order valence-corrected chi connectivity index (χ4v) is 1.57. The van der Waals surface area contributed by atoms with Gasteiger partial charge in [0.1, 0.15) is 5.82 Å². The Labute approximate surface area is 108 Å². The molecule has 7 heteroatoms. The van der Waals surface area contributed by atoms with E-state index >= 15 is 0 Å². The van der Waals surface area contributed by atoms with E-state index in [4.69, 9.17) is 5.84 Å². The van der Waals surface area contributed by atoms with Crippen molar-refractivity contribution in [3.63, 3.8) is 0 Å². The first kappa shape index (κ1) is 12.8. The molecule has 0 unspecified atom stereocenters. The summed E-state index contributed by atoms with van der Waals surface area (Å²) < 4.78 is 12.8. The van der Waals surface area contributed by atoms with E-state index < -0.39 is 4.92 Å². The van der Waals surface area contributed by atoms with E-state index in [0.717, 1.165) is 0 Å². The van der Waals surface area contributed by atoms with E-state index in [2.05, 4.69) is 10.7 Å². The maximum atomic E-state index is 12.8. The van der Waals surface area contributed by atoms with E-state index in [1.54, 1.807) is 6.07 Å². The van der Waals surface area contributed by atoms with Crippen LogP contribution in [0.1, 0.15) is 0 Å². The smallest absolute Gasteiger partial charge is 0.273 e. The Bertz CT molecular complexity index is 601. The minimum absolute atomic E-state index is 0.0972. The zero-order valence-corrected chi connectivity index (χ0v) is 9.76. The third-order valence-electron chi connectivity index (χ3n) is 2.43. The largest absolute Gasteiger partial charge is 0.355 e. The number of nitrogens with zero attached hydrogens (tertiary/aromatic N) is 1. The molecule has 98 valence electrons. The number of nitrogens with one attached hydrogen (secondary N) is 2. The van der Waals surface area contributed by atoms with Gasteiger partial charge < -0.3 is 10.7 Å². The van der Waals surface area contributed by atoms with Crippen molar-refractivity contribution in [3.05, 3.63) is 58.4 Å². The molecule has 0 heterocycles. The zero-order chi connectivity index (χ0) is 13.8. The van der Waals surface area contributed by atoms with Gasteiger partial charge in [-0.25, -0.2) is 4.39 Å². The second-order valence-electron chi connectivity index (χ2n) is 3.80. The average molecular weight is 262 g/mol. The molecule has 0 bridgehead atoms. The molecule has 0 spiro atoms. The van der Waals surface area contributed by atoms with Crippen LogP contribution in [0.4, 0.5) is 27.1 Å². The molecule has 0 atom stereocenters. The van der Waals surface area contributed by atoms with Crippen molar-refractivity contribution in [3.8, 4) is 0 Å². The minimum Gasteiger partial charge on any atom is -0.355 e. The number of nitro benzene ring substituents is 1. The Morgan fingerprint density at radius 3 is 2.26 bits per heavy atom. The molecule has 6 nitrogen and oxygen atoms in total. The summed E-state index contributed by atoms with van der Waals surface area (Å²) in [6.45, 7) is 0. The van der Waals surface area contributed by atoms with Crippen LogP contribution in [0.2, 0.25) is 0 Å². The average Bonchev–Trinajstić information content (AvgIpc) is 2.41. The minimum atomic E-state index is -0.517. The number of non-ortho nitro benzene ring substituents is 1. The number of anilines is 3. The van der Waals surface area contributed by atoms with Crippen LogP contribution < -0.4 is 16.6 Å². The molecule has 2 aromatic rings. The first-order chi connectivity index (χ1) is 9.08. The highest BCUT2D eigenvalue weighted by molar-refractivity contribution is 5.68. The van der Waals surface area contributed by atoms with Crippen molar-refractivity contribution in [2.75, 3.05) is 10.7 Å². The number of hydrogen-bond acceptors (Lipinski definition) is 5. The Hall–Kier alpha value is -2.67. The molecule has 4 N–H and O–H groups in total. The Balaban J connectivity index is 2.31. The Morgan fingerprint density at radius 2 is 1.68 bits per heavy atom. The lowest BCUT2D eigenvalue weighted by atomic mass is 10.2. The molecule has 0 aromatic heterocycles. The standard InChI is InChI=1S/C12H11FN4O2/c13-8-1-3-9(4-2-8)15-10-5-11(16-14)7-12(6-10)17(18)19/h1-7,15-16H,14H2. The lowest BCUT2D eigenvalue weighted by Gasteiger charge is -2.08. The van der Waals surface area contributed by atoms with E-state index in [-0.39, 0.29) is 11.5 Å². The number of halogens is 1. The number of nitrogen functional groups attached to an aromatic ring is 1. The summed E-state index contributed by atoms with van der Waals surface area (Å²) in [4.78, 5) is 10.3. The summed E-state index contributed by atoms with van der Waals surface area (Å²) in [5.41, 5.74) is 3.75. The van der Waals surface area contributed by atoms with Gasteiger partial charge in [-0.15, -0.1) is 0 Å². The van der Waals surface area contributed by atoms with Crippen molar-refractivity contribution < 1.29 is 9.31 Å². The van der Waals surface area contributed by atoms with Crippen LogP contribution in [0.3, 0.4) is 0 Å². The van der Waals surface area contributed by atoms with Gasteiger partial charge in [-0.3, -0.25) is 16.0 Å². The molecule has 2 rings (SSSR count). The van der Waals surface area contributed by atoms with Crippen LogP contribution in [0.5, 0.6) is 0 Å².